The Morgan fingerprint density at radius 1 is 1.03 bits per heavy atom. The molecule has 1 saturated heterocycles. The summed E-state index contributed by atoms with van der Waals surface area (Å²) in [7, 11) is -3.87. The molecule has 2 heterocycles. The van der Waals surface area contributed by atoms with E-state index in [1.807, 2.05) is 12.1 Å². The number of imide groups is 1. The Labute approximate surface area is 223 Å². The molecule has 3 amide bonds. The summed E-state index contributed by atoms with van der Waals surface area (Å²) < 4.78 is 41.9. The van der Waals surface area contributed by atoms with Gasteiger partial charge in [0.2, 0.25) is 0 Å². The number of nitrogens with one attached hydrogen (secondary N) is 1. The van der Waals surface area contributed by atoms with E-state index in [2.05, 4.69) is 5.32 Å². The standard InChI is InChI=1S/C27H22FN3O5S2/c28-22-10-3-1-7-19(22)17-24-26(33)30(27(34)37-24)15-13-29-25(32)20-8-5-9-21(16-20)38(35,36)31-14-12-18-6-2-4-11-23(18)31/h1-11,16-17H,12-15H2,(H,29,32)/b24-17-. The zero-order valence-electron chi connectivity index (χ0n) is 20.0. The molecule has 11 heteroatoms. The lowest BCUT2D eigenvalue weighted by atomic mass is 10.2. The normalized spacial score (nSPS) is 16.3. The van der Waals surface area contributed by atoms with Crippen LogP contribution in [0.3, 0.4) is 0 Å². The molecule has 38 heavy (non-hydrogen) atoms. The van der Waals surface area contributed by atoms with E-state index in [1.54, 1.807) is 18.2 Å². The van der Waals surface area contributed by atoms with Gasteiger partial charge >= 0.3 is 0 Å². The number of halogens is 1. The largest absolute Gasteiger partial charge is 0.350 e. The Hall–Kier alpha value is -3.96. The maximum absolute atomic E-state index is 13.9. The quantitative estimate of drug-likeness (QED) is 0.445. The molecule has 0 unspecified atom stereocenters. The SMILES string of the molecule is O=C(NCCN1C(=O)S/C(=C\c2ccccc2F)C1=O)c1cccc(S(=O)(=O)N2CCc3ccccc32)c1. The summed E-state index contributed by atoms with van der Waals surface area (Å²) >= 11 is 0.700. The fourth-order valence-corrected chi connectivity index (χ4v) is 6.70. The molecule has 0 aliphatic carbocycles. The molecule has 0 saturated carbocycles. The van der Waals surface area contributed by atoms with Crippen molar-refractivity contribution in [2.24, 2.45) is 0 Å². The van der Waals surface area contributed by atoms with Crippen LogP contribution in [0.1, 0.15) is 21.5 Å². The van der Waals surface area contributed by atoms with Crippen LogP contribution in [0.2, 0.25) is 0 Å². The second kappa shape index (κ2) is 10.4. The molecule has 0 radical (unpaired) electrons. The van der Waals surface area contributed by atoms with Gasteiger partial charge in [0.1, 0.15) is 5.82 Å². The fourth-order valence-electron chi connectivity index (χ4n) is 4.29. The molecule has 194 valence electrons. The van der Waals surface area contributed by atoms with Crippen molar-refractivity contribution in [3.8, 4) is 0 Å². The van der Waals surface area contributed by atoms with Crippen molar-refractivity contribution in [3.05, 3.63) is 100 Å². The summed E-state index contributed by atoms with van der Waals surface area (Å²) in [6, 6.07) is 18.9. The van der Waals surface area contributed by atoms with Crippen LogP contribution in [0, 0.1) is 5.82 Å². The third-order valence-corrected chi connectivity index (χ3v) is 8.93. The number of carbonyl (C=O) groups excluding carboxylic acids is 3. The molecule has 0 bridgehead atoms. The lowest BCUT2D eigenvalue weighted by Gasteiger charge is -2.20. The predicted molar refractivity (Wildman–Crippen MR) is 143 cm³/mol. The minimum Gasteiger partial charge on any atom is -0.350 e. The first-order valence-electron chi connectivity index (χ1n) is 11.7. The van der Waals surface area contributed by atoms with E-state index >= 15 is 0 Å². The Kier molecular flexibility index (Phi) is 7.04. The molecule has 2 aliphatic heterocycles. The van der Waals surface area contributed by atoms with E-state index in [0.717, 1.165) is 10.5 Å². The first-order valence-corrected chi connectivity index (χ1v) is 14.0. The summed E-state index contributed by atoms with van der Waals surface area (Å²) in [5.41, 5.74) is 1.90. The van der Waals surface area contributed by atoms with Crippen molar-refractivity contribution in [1.29, 1.82) is 0 Å². The lowest BCUT2D eigenvalue weighted by molar-refractivity contribution is -0.122. The van der Waals surface area contributed by atoms with Crippen molar-refractivity contribution in [2.45, 2.75) is 11.3 Å². The third-order valence-electron chi connectivity index (χ3n) is 6.22. The number of carbonyl (C=O) groups is 3. The first-order chi connectivity index (χ1) is 18.3. The monoisotopic (exact) mass is 551 g/mol. The number of rotatable bonds is 7. The van der Waals surface area contributed by atoms with E-state index in [9.17, 15) is 27.2 Å². The van der Waals surface area contributed by atoms with Gasteiger partial charge in [-0.15, -0.1) is 0 Å². The highest BCUT2D eigenvalue weighted by Gasteiger charge is 2.35. The van der Waals surface area contributed by atoms with E-state index in [1.165, 1.54) is 52.8 Å². The molecule has 0 aromatic heterocycles. The van der Waals surface area contributed by atoms with Crippen LogP contribution in [0.4, 0.5) is 14.9 Å². The number of benzene rings is 3. The van der Waals surface area contributed by atoms with Crippen LogP contribution in [-0.4, -0.2) is 50.0 Å². The zero-order chi connectivity index (χ0) is 26.9. The Morgan fingerprint density at radius 3 is 2.61 bits per heavy atom. The molecule has 8 nitrogen and oxygen atoms in total. The van der Waals surface area contributed by atoms with Crippen LogP contribution in [0.25, 0.3) is 6.08 Å². The van der Waals surface area contributed by atoms with Gasteiger partial charge in [-0.3, -0.25) is 23.6 Å². The number of anilines is 1. The number of fused-ring (bicyclic) bond motifs is 1. The highest BCUT2D eigenvalue weighted by Crippen LogP contribution is 2.33. The van der Waals surface area contributed by atoms with Gasteiger partial charge in [0.25, 0.3) is 27.1 Å². The summed E-state index contributed by atoms with van der Waals surface area (Å²) in [5.74, 6) is -1.63. The highest BCUT2D eigenvalue weighted by atomic mass is 32.2. The molecule has 3 aromatic carbocycles. The van der Waals surface area contributed by atoms with Gasteiger partial charge in [-0.2, -0.15) is 0 Å². The molecule has 5 rings (SSSR count). The van der Waals surface area contributed by atoms with Crippen LogP contribution in [0.15, 0.2) is 82.6 Å². The number of sulfonamides is 1. The van der Waals surface area contributed by atoms with Crippen LogP contribution >= 0.6 is 11.8 Å². The molecule has 1 fully saturated rings. The number of hydrogen-bond acceptors (Lipinski definition) is 6. The van der Waals surface area contributed by atoms with Gasteiger partial charge in [0.15, 0.2) is 0 Å². The molecule has 3 aromatic rings. The fraction of sp³-hybridized carbons (Fsp3) is 0.148. The van der Waals surface area contributed by atoms with Crippen LogP contribution in [-0.2, 0) is 21.2 Å². The van der Waals surface area contributed by atoms with Crippen LogP contribution < -0.4 is 9.62 Å². The second-order valence-electron chi connectivity index (χ2n) is 8.59. The van der Waals surface area contributed by atoms with Crippen molar-refractivity contribution in [1.82, 2.24) is 10.2 Å². The van der Waals surface area contributed by atoms with Gasteiger partial charge < -0.3 is 5.32 Å². The minimum absolute atomic E-state index is 0.00826. The summed E-state index contributed by atoms with van der Waals surface area (Å²) in [6.07, 6.45) is 1.93. The summed E-state index contributed by atoms with van der Waals surface area (Å²) in [5, 5.41) is 2.10. The number of nitrogens with zero attached hydrogens (tertiary/aromatic N) is 2. The van der Waals surface area contributed by atoms with E-state index < -0.39 is 32.9 Å². The topological polar surface area (TPSA) is 104 Å². The minimum atomic E-state index is -3.87. The van der Waals surface area contributed by atoms with Crippen LogP contribution in [0.5, 0.6) is 0 Å². The van der Waals surface area contributed by atoms with Crippen molar-refractivity contribution in [2.75, 3.05) is 23.9 Å². The maximum atomic E-state index is 13.9. The van der Waals surface area contributed by atoms with Crippen molar-refractivity contribution in [3.63, 3.8) is 0 Å². The number of amides is 3. The number of hydrogen-bond donors (Lipinski definition) is 1. The van der Waals surface area contributed by atoms with Gasteiger partial charge in [0, 0.05) is 30.8 Å². The Bertz CT molecular complexity index is 1590. The Balaban J connectivity index is 1.23. The van der Waals surface area contributed by atoms with E-state index in [-0.39, 0.29) is 34.0 Å². The second-order valence-corrected chi connectivity index (χ2v) is 11.4. The van der Waals surface area contributed by atoms with Gasteiger partial charge in [-0.05, 0) is 60.2 Å². The average Bonchev–Trinajstić information content (AvgIpc) is 3.47. The van der Waals surface area contributed by atoms with E-state index in [0.29, 0.717) is 30.4 Å². The first kappa shape index (κ1) is 25.7. The molecule has 1 N–H and O–H groups in total. The predicted octanol–water partition coefficient (Wildman–Crippen LogP) is 4.04. The molecule has 0 spiro atoms. The number of thioether (sulfide) groups is 1. The van der Waals surface area contributed by atoms with Gasteiger partial charge in [-0.1, -0.05) is 42.5 Å². The zero-order valence-corrected chi connectivity index (χ0v) is 21.6. The van der Waals surface area contributed by atoms with Gasteiger partial charge in [0.05, 0.1) is 15.5 Å². The van der Waals surface area contributed by atoms with Gasteiger partial charge in [-0.25, -0.2) is 12.8 Å². The molecular weight excluding hydrogens is 529 g/mol. The number of para-hydroxylation sites is 1. The molecular formula is C27H22FN3O5S2. The lowest BCUT2D eigenvalue weighted by Crippen LogP contribution is -2.37. The smallest absolute Gasteiger partial charge is 0.293 e. The maximum Gasteiger partial charge on any atom is 0.293 e. The van der Waals surface area contributed by atoms with E-state index in [4.69, 9.17) is 0 Å². The molecule has 0 atom stereocenters. The third kappa shape index (κ3) is 4.94. The average molecular weight is 552 g/mol. The molecule has 2 aliphatic rings. The Morgan fingerprint density at radius 2 is 1.79 bits per heavy atom. The highest BCUT2D eigenvalue weighted by molar-refractivity contribution is 8.18. The van der Waals surface area contributed by atoms with Crippen molar-refractivity contribution >= 4 is 50.6 Å². The van der Waals surface area contributed by atoms with Crippen molar-refractivity contribution < 1.29 is 27.2 Å². The summed E-state index contributed by atoms with van der Waals surface area (Å²) in [6.45, 7) is 0.190. The summed E-state index contributed by atoms with van der Waals surface area (Å²) in [4.78, 5) is 38.8.